The molecule has 0 radical (unpaired) electrons. The zero-order valence-electron chi connectivity index (χ0n) is 13.9. The third-order valence-electron chi connectivity index (χ3n) is 4.66. The van der Waals surface area contributed by atoms with Crippen LogP contribution in [0.4, 0.5) is 0 Å². The van der Waals surface area contributed by atoms with Gasteiger partial charge in [-0.3, -0.25) is 9.59 Å². The van der Waals surface area contributed by atoms with Crippen LogP contribution in [0, 0.1) is 0 Å². The fraction of sp³-hybridized carbons (Fsp3) is 0.368. The molecule has 1 aliphatic rings. The molecule has 130 valence electrons. The summed E-state index contributed by atoms with van der Waals surface area (Å²) >= 11 is 0. The average Bonchev–Trinajstić information content (AvgIpc) is 3.07. The minimum atomic E-state index is -0.327. The molecule has 1 aliphatic heterocycles. The van der Waals surface area contributed by atoms with Crippen molar-refractivity contribution in [2.45, 2.75) is 19.3 Å². The van der Waals surface area contributed by atoms with Gasteiger partial charge >= 0.3 is 5.78 Å². The van der Waals surface area contributed by atoms with E-state index in [9.17, 15) is 9.59 Å². The SMILES string of the molecule is O=C(NCCN1CCCCC1)c1cc2c(=O)c3ccccc3oc2o1. The number of hydrogen-bond acceptors (Lipinski definition) is 5. The van der Waals surface area contributed by atoms with Crippen molar-refractivity contribution >= 4 is 28.0 Å². The molecule has 0 saturated carbocycles. The molecule has 6 heteroatoms. The summed E-state index contributed by atoms with van der Waals surface area (Å²) in [6.07, 6.45) is 3.73. The summed E-state index contributed by atoms with van der Waals surface area (Å²) in [7, 11) is 0. The second-order valence-electron chi connectivity index (χ2n) is 6.40. The van der Waals surface area contributed by atoms with Crippen LogP contribution in [-0.2, 0) is 0 Å². The van der Waals surface area contributed by atoms with Crippen molar-refractivity contribution in [1.29, 1.82) is 0 Å². The van der Waals surface area contributed by atoms with Gasteiger partial charge in [-0.1, -0.05) is 18.6 Å². The molecule has 1 fully saturated rings. The molecule has 0 bridgehead atoms. The van der Waals surface area contributed by atoms with Crippen molar-refractivity contribution in [2.24, 2.45) is 0 Å². The number of rotatable bonds is 4. The van der Waals surface area contributed by atoms with Gasteiger partial charge in [-0.25, -0.2) is 0 Å². The molecule has 0 aliphatic carbocycles. The third kappa shape index (κ3) is 3.17. The highest BCUT2D eigenvalue weighted by molar-refractivity contribution is 5.97. The summed E-state index contributed by atoms with van der Waals surface area (Å²) < 4.78 is 11.1. The Labute approximate surface area is 144 Å². The Hall–Kier alpha value is -2.60. The number of likely N-dealkylation sites (tertiary alicyclic amines) is 1. The number of nitrogens with one attached hydrogen (secondary N) is 1. The predicted octanol–water partition coefficient (Wildman–Crippen LogP) is 2.75. The second-order valence-corrected chi connectivity index (χ2v) is 6.40. The Bertz CT molecular complexity index is 966. The summed E-state index contributed by atoms with van der Waals surface area (Å²) in [6.45, 7) is 3.56. The topological polar surface area (TPSA) is 75.7 Å². The Morgan fingerprint density at radius 2 is 1.88 bits per heavy atom. The first kappa shape index (κ1) is 15.9. The number of hydrogen-bond donors (Lipinski definition) is 1. The van der Waals surface area contributed by atoms with E-state index in [0.29, 0.717) is 22.9 Å². The van der Waals surface area contributed by atoms with Gasteiger partial charge in [0, 0.05) is 19.2 Å². The van der Waals surface area contributed by atoms with Gasteiger partial charge in [-0.2, -0.15) is 0 Å². The van der Waals surface area contributed by atoms with Crippen molar-refractivity contribution < 1.29 is 13.6 Å². The van der Waals surface area contributed by atoms with Gasteiger partial charge in [0.2, 0.25) is 5.43 Å². The molecule has 0 atom stereocenters. The molecular formula is C19H20N2O4. The first-order valence-corrected chi connectivity index (χ1v) is 8.68. The highest BCUT2D eigenvalue weighted by Gasteiger charge is 2.18. The lowest BCUT2D eigenvalue weighted by molar-refractivity contribution is 0.0919. The number of carbonyl (C=O) groups excluding carboxylic acids is 1. The molecule has 0 unspecified atom stereocenters. The van der Waals surface area contributed by atoms with Crippen LogP contribution in [0.5, 0.6) is 0 Å². The highest BCUT2D eigenvalue weighted by Crippen LogP contribution is 2.21. The Morgan fingerprint density at radius 1 is 1.08 bits per heavy atom. The number of amides is 1. The van der Waals surface area contributed by atoms with E-state index in [0.717, 1.165) is 19.6 Å². The Kier molecular flexibility index (Phi) is 4.28. The van der Waals surface area contributed by atoms with Crippen LogP contribution in [0.1, 0.15) is 29.8 Å². The largest absolute Gasteiger partial charge is 0.425 e. The zero-order chi connectivity index (χ0) is 17.2. The van der Waals surface area contributed by atoms with Crippen molar-refractivity contribution in [2.75, 3.05) is 26.2 Å². The van der Waals surface area contributed by atoms with Crippen LogP contribution < -0.4 is 10.7 Å². The van der Waals surface area contributed by atoms with E-state index in [4.69, 9.17) is 8.83 Å². The number of carbonyl (C=O) groups is 1. The molecule has 1 saturated heterocycles. The summed E-state index contributed by atoms with van der Waals surface area (Å²) in [5.74, 6) is -0.137. The van der Waals surface area contributed by atoms with Gasteiger partial charge < -0.3 is 19.1 Å². The molecule has 1 amide bonds. The highest BCUT2D eigenvalue weighted by atomic mass is 16.5. The van der Waals surface area contributed by atoms with Crippen molar-refractivity contribution in [3.05, 3.63) is 46.3 Å². The van der Waals surface area contributed by atoms with Gasteiger partial charge in [0.05, 0.1) is 5.39 Å². The fourth-order valence-corrected chi connectivity index (χ4v) is 3.31. The quantitative estimate of drug-likeness (QED) is 0.790. The monoisotopic (exact) mass is 340 g/mol. The lowest BCUT2D eigenvalue weighted by atomic mass is 10.1. The van der Waals surface area contributed by atoms with E-state index in [1.54, 1.807) is 24.3 Å². The average molecular weight is 340 g/mol. The summed E-state index contributed by atoms with van der Waals surface area (Å²) in [6, 6.07) is 8.43. The van der Waals surface area contributed by atoms with Gasteiger partial charge in [0.25, 0.3) is 5.91 Å². The molecule has 0 spiro atoms. The molecule has 2 aromatic heterocycles. The maximum Gasteiger partial charge on any atom is 0.302 e. The number of para-hydroxylation sites is 1. The zero-order valence-corrected chi connectivity index (χ0v) is 13.9. The molecule has 1 aromatic carbocycles. The standard InChI is InChI=1S/C19H20N2O4/c22-17-13-6-2-3-7-15(13)24-19-14(17)12-16(25-19)18(23)20-8-11-21-9-4-1-5-10-21/h2-3,6-7,12H,1,4-5,8-11H2,(H,20,23). The summed E-state index contributed by atoms with van der Waals surface area (Å²) in [4.78, 5) is 27.1. The van der Waals surface area contributed by atoms with Crippen LogP contribution >= 0.6 is 0 Å². The fourth-order valence-electron chi connectivity index (χ4n) is 3.31. The minimum Gasteiger partial charge on any atom is -0.425 e. The van der Waals surface area contributed by atoms with Crippen molar-refractivity contribution in [1.82, 2.24) is 10.2 Å². The smallest absolute Gasteiger partial charge is 0.302 e. The number of nitrogens with zero attached hydrogens (tertiary/aromatic N) is 1. The number of piperidine rings is 1. The Morgan fingerprint density at radius 3 is 2.72 bits per heavy atom. The summed E-state index contributed by atoms with van der Waals surface area (Å²) in [5, 5.41) is 3.62. The molecule has 4 rings (SSSR count). The van der Waals surface area contributed by atoms with Crippen LogP contribution in [-0.4, -0.2) is 37.0 Å². The molecule has 25 heavy (non-hydrogen) atoms. The summed E-state index contributed by atoms with van der Waals surface area (Å²) in [5.41, 5.74) is 0.263. The molecule has 1 N–H and O–H groups in total. The van der Waals surface area contributed by atoms with Crippen molar-refractivity contribution in [3.63, 3.8) is 0 Å². The number of benzene rings is 1. The maximum absolute atomic E-state index is 12.5. The maximum atomic E-state index is 12.5. The van der Waals surface area contributed by atoms with E-state index in [2.05, 4.69) is 10.2 Å². The molecule has 6 nitrogen and oxygen atoms in total. The molecule has 3 heterocycles. The van der Waals surface area contributed by atoms with Crippen molar-refractivity contribution in [3.8, 4) is 0 Å². The van der Waals surface area contributed by atoms with E-state index in [1.165, 1.54) is 25.3 Å². The Balaban J connectivity index is 1.50. The predicted molar refractivity (Wildman–Crippen MR) is 94.9 cm³/mol. The van der Waals surface area contributed by atoms with Crippen LogP contribution in [0.25, 0.3) is 22.1 Å². The minimum absolute atomic E-state index is 0.0879. The van der Waals surface area contributed by atoms with E-state index < -0.39 is 0 Å². The third-order valence-corrected chi connectivity index (χ3v) is 4.66. The van der Waals surface area contributed by atoms with Crippen LogP contribution in [0.15, 0.2) is 44.0 Å². The van der Waals surface area contributed by atoms with E-state index in [-0.39, 0.29) is 22.9 Å². The van der Waals surface area contributed by atoms with Crippen LogP contribution in [0.3, 0.4) is 0 Å². The van der Waals surface area contributed by atoms with Gasteiger partial charge in [0.1, 0.15) is 11.0 Å². The van der Waals surface area contributed by atoms with Gasteiger partial charge in [0.15, 0.2) is 5.76 Å². The second kappa shape index (κ2) is 6.72. The molecule has 3 aromatic rings. The molecular weight excluding hydrogens is 320 g/mol. The lowest BCUT2D eigenvalue weighted by Gasteiger charge is -2.26. The van der Waals surface area contributed by atoms with E-state index in [1.807, 2.05) is 0 Å². The number of furan rings is 1. The number of fused-ring (bicyclic) bond motifs is 2. The first-order valence-electron chi connectivity index (χ1n) is 8.68. The van der Waals surface area contributed by atoms with Crippen LogP contribution in [0.2, 0.25) is 0 Å². The first-order chi connectivity index (χ1) is 12.2. The van der Waals surface area contributed by atoms with Gasteiger partial charge in [-0.15, -0.1) is 0 Å². The lowest BCUT2D eigenvalue weighted by Crippen LogP contribution is -2.37. The normalized spacial score (nSPS) is 15.7. The van der Waals surface area contributed by atoms with E-state index >= 15 is 0 Å². The van der Waals surface area contributed by atoms with Gasteiger partial charge in [-0.05, 0) is 38.1 Å².